The first kappa shape index (κ1) is 26.8. The van der Waals surface area contributed by atoms with Crippen LogP contribution in [-0.2, 0) is 34.3 Å². The van der Waals surface area contributed by atoms with Gasteiger partial charge in [0.05, 0.1) is 22.3 Å². The third-order valence-corrected chi connectivity index (χ3v) is 3.80. The second-order valence-corrected chi connectivity index (χ2v) is 6.19. The van der Waals surface area contributed by atoms with Gasteiger partial charge in [-0.2, -0.15) is 52.7 Å². The Morgan fingerprint density at radius 3 is 1.03 bits per heavy atom. The number of halogens is 12. The van der Waals surface area contributed by atoms with Crippen LogP contribution in [0.25, 0.3) is 0 Å². The van der Waals surface area contributed by atoms with Crippen LogP contribution in [0.3, 0.4) is 0 Å². The first-order valence-electron chi connectivity index (χ1n) is 8.22. The van der Waals surface area contributed by atoms with E-state index in [0.29, 0.717) is 0 Å². The van der Waals surface area contributed by atoms with Crippen LogP contribution in [0.1, 0.15) is 22.3 Å². The molecule has 2 aromatic carbocycles. The van der Waals surface area contributed by atoms with Crippen molar-refractivity contribution in [3.05, 3.63) is 58.7 Å². The minimum atomic E-state index is -5.53. The van der Waals surface area contributed by atoms with E-state index in [1.165, 1.54) is 0 Å². The molecule has 0 fully saturated rings. The van der Waals surface area contributed by atoms with Gasteiger partial charge in [-0.25, -0.2) is 9.59 Å². The van der Waals surface area contributed by atoms with Gasteiger partial charge < -0.3 is 9.47 Å². The molecule has 0 N–H and O–H groups in total. The van der Waals surface area contributed by atoms with Crippen molar-refractivity contribution < 1.29 is 71.7 Å². The average molecular weight is 514 g/mol. The van der Waals surface area contributed by atoms with E-state index in [2.05, 4.69) is 9.47 Å². The zero-order valence-corrected chi connectivity index (χ0v) is 15.6. The molecule has 0 unspecified atom stereocenters. The van der Waals surface area contributed by atoms with Gasteiger partial charge in [0, 0.05) is 0 Å². The number of carbonyl (C=O) groups excluding carboxylic acids is 2. The van der Waals surface area contributed by atoms with Gasteiger partial charge in [-0.05, 0) is 36.4 Å². The predicted molar refractivity (Wildman–Crippen MR) is 84.2 cm³/mol. The molecule has 4 nitrogen and oxygen atoms in total. The molecule has 0 aliphatic carbocycles. The maximum Gasteiger partial charge on any atom is 0.423 e. The van der Waals surface area contributed by atoms with Gasteiger partial charge in [-0.15, -0.1) is 0 Å². The lowest BCUT2D eigenvalue weighted by Crippen LogP contribution is -2.27. The van der Waals surface area contributed by atoms with Gasteiger partial charge in [0.25, 0.3) is 0 Å². The van der Waals surface area contributed by atoms with Crippen molar-refractivity contribution in [3.8, 4) is 11.5 Å². The SMILES string of the molecule is O=C(Oc1ccc(C(F)(F)F)cc1C(F)(F)F)C(=O)Oc1ccc(C(F)(F)F)cc1C(F)(F)F. The summed E-state index contributed by atoms with van der Waals surface area (Å²) >= 11 is 0. The van der Waals surface area contributed by atoms with E-state index in [-0.39, 0.29) is 24.3 Å². The van der Waals surface area contributed by atoms with Gasteiger partial charge in [-0.1, -0.05) is 0 Å². The maximum absolute atomic E-state index is 13.0. The third kappa shape index (κ3) is 6.32. The van der Waals surface area contributed by atoms with Crippen molar-refractivity contribution in [1.29, 1.82) is 0 Å². The van der Waals surface area contributed by atoms with Crippen LogP contribution in [-0.4, -0.2) is 11.9 Å². The molecule has 0 heterocycles. The fourth-order valence-corrected chi connectivity index (χ4v) is 2.32. The summed E-state index contributed by atoms with van der Waals surface area (Å²) in [5, 5.41) is 0. The largest absolute Gasteiger partial charge is 0.423 e. The molecule has 0 atom stereocenters. The fourth-order valence-electron chi connectivity index (χ4n) is 2.32. The fraction of sp³-hybridized carbons (Fsp3) is 0.222. The molecule has 0 spiro atoms. The Balaban J connectivity index is 2.36. The summed E-state index contributed by atoms with van der Waals surface area (Å²) in [6.07, 6.45) is -21.5. The van der Waals surface area contributed by atoms with Crippen molar-refractivity contribution in [1.82, 2.24) is 0 Å². The number of benzene rings is 2. The molecule has 0 aromatic heterocycles. The van der Waals surface area contributed by atoms with E-state index in [4.69, 9.17) is 0 Å². The zero-order chi connectivity index (χ0) is 26.3. The molecule has 186 valence electrons. The first-order valence-corrected chi connectivity index (χ1v) is 8.22. The first-order chi connectivity index (χ1) is 15.2. The highest BCUT2D eigenvalue weighted by atomic mass is 19.4. The number of rotatable bonds is 2. The highest BCUT2D eigenvalue weighted by Crippen LogP contribution is 2.42. The van der Waals surface area contributed by atoms with E-state index < -0.39 is 82.5 Å². The number of hydrogen-bond acceptors (Lipinski definition) is 4. The van der Waals surface area contributed by atoms with Gasteiger partial charge in [0.2, 0.25) is 0 Å². The minimum absolute atomic E-state index is 0.0239. The molecule has 0 bridgehead atoms. The molecule has 0 aliphatic heterocycles. The Morgan fingerprint density at radius 2 is 0.794 bits per heavy atom. The number of carbonyl (C=O) groups is 2. The quantitative estimate of drug-likeness (QED) is 0.205. The number of ether oxygens (including phenoxy) is 2. The van der Waals surface area contributed by atoms with Gasteiger partial charge in [0.15, 0.2) is 0 Å². The van der Waals surface area contributed by atoms with Crippen molar-refractivity contribution in [2.75, 3.05) is 0 Å². The molecular weight excluding hydrogens is 508 g/mol. The summed E-state index contributed by atoms with van der Waals surface area (Å²) < 4.78 is 162. The Bertz CT molecular complexity index is 1010. The Kier molecular flexibility index (Phi) is 6.87. The molecule has 34 heavy (non-hydrogen) atoms. The van der Waals surface area contributed by atoms with Crippen LogP contribution in [0.15, 0.2) is 36.4 Å². The van der Waals surface area contributed by atoms with Crippen LogP contribution in [0.2, 0.25) is 0 Å². The van der Waals surface area contributed by atoms with E-state index in [1.54, 1.807) is 0 Å². The standard InChI is InChI=1S/C18H6F12O4/c19-15(20,21)7-1-3-11(9(5-7)17(25,26)27)33-13(31)14(32)34-12-4-2-8(16(22,23)24)6-10(12)18(28,29)30/h1-6H. The van der Waals surface area contributed by atoms with Gasteiger partial charge in [-0.3, -0.25) is 0 Å². The van der Waals surface area contributed by atoms with Crippen molar-refractivity contribution >= 4 is 11.9 Å². The van der Waals surface area contributed by atoms with Crippen molar-refractivity contribution in [3.63, 3.8) is 0 Å². The lowest BCUT2D eigenvalue weighted by molar-refractivity contribution is -0.159. The molecule has 2 rings (SSSR count). The number of esters is 2. The number of hydrogen-bond donors (Lipinski definition) is 0. The van der Waals surface area contributed by atoms with Crippen LogP contribution in [0.4, 0.5) is 52.7 Å². The molecule has 0 saturated heterocycles. The van der Waals surface area contributed by atoms with Crippen LogP contribution in [0.5, 0.6) is 11.5 Å². The molecule has 0 radical (unpaired) electrons. The molecule has 2 aromatic rings. The Hall–Kier alpha value is -3.46. The maximum atomic E-state index is 13.0. The summed E-state index contributed by atoms with van der Waals surface area (Å²) in [7, 11) is 0. The summed E-state index contributed by atoms with van der Waals surface area (Å²) in [4.78, 5) is 23.4. The van der Waals surface area contributed by atoms with Crippen LogP contribution < -0.4 is 9.47 Å². The lowest BCUT2D eigenvalue weighted by Gasteiger charge is -2.16. The van der Waals surface area contributed by atoms with E-state index >= 15 is 0 Å². The molecular formula is C18H6F12O4. The topological polar surface area (TPSA) is 52.6 Å². The lowest BCUT2D eigenvalue weighted by atomic mass is 10.1. The molecule has 16 heteroatoms. The molecule has 0 saturated carbocycles. The third-order valence-electron chi connectivity index (χ3n) is 3.80. The van der Waals surface area contributed by atoms with E-state index in [9.17, 15) is 62.3 Å². The Labute approximate surface area is 179 Å². The van der Waals surface area contributed by atoms with Crippen molar-refractivity contribution in [2.45, 2.75) is 24.7 Å². The van der Waals surface area contributed by atoms with Crippen LogP contribution in [0, 0.1) is 0 Å². The van der Waals surface area contributed by atoms with E-state index in [1.807, 2.05) is 0 Å². The minimum Gasteiger partial charge on any atom is -0.417 e. The summed E-state index contributed by atoms with van der Waals surface area (Å²) in [5.74, 6) is -8.05. The normalized spacial score (nSPS) is 12.9. The summed E-state index contributed by atoms with van der Waals surface area (Å²) in [5.41, 5.74) is -7.92. The second-order valence-electron chi connectivity index (χ2n) is 6.19. The average Bonchev–Trinajstić information content (AvgIpc) is 2.65. The zero-order valence-electron chi connectivity index (χ0n) is 15.6. The number of alkyl halides is 12. The summed E-state index contributed by atoms with van der Waals surface area (Å²) in [6.45, 7) is 0. The smallest absolute Gasteiger partial charge is 0.417 e. The highest BCUT2D eigenvalue weighted by Gasteiger charge is 2.41. The van der Waals surface area contributed by atoms with Crippen LogP contribution >= 0.6 is 0 Å². The Morgan fingerprint density at radius 1 is 0.500 bits per heavy atom. The predicted octanol–water partition coefficient (Wildman–Crippen LogP) is 6.27. The van der Waals surface area contributed by atoms with Gasteiger partial charge >= 0.3 is 36.6 Å². The van der Waals surface area contributed by atoms with Gasteiger partial charge in [0.1, 0.15) is 11.5 Å². The summed E-state index contributed by atoms with van der Waals surface area (Å²) in [6, 6.07) is -0.745. The monoisotopic (exact) mass is 514 g/mol. The highest BCUT2D eigenvalue weighted by molar-refractivity contribution is 6.31. The van der Waals surface area contributed by atoms with Crippen molar-refractivity contribution in [2.24, 2.45) is 0 Å². The van der Waals surface area contributed by atoms with E-state index in [0.717, 1.165) is 0 Å². The molecule has 0 aliphatic rings. The second kappa shape index (κ2) is 8.72. The molecule has 0 amide bonds.